The molecule has 2 N–H and O–H groups in total. The SMILES string of the molecule is O=C(NNC(=O)c1cc2c(s1)CCCCC2)c1ccc(Cl)s1. The molecule has 116 valence electrons. The van der Waals surface area contributed by atoms with Gasteiger partial charge in [-0.2, -0.15) is 0 Å². The van der Waals surface area contributed by atoms with E-state index in [1.807, 2.05) is 6.07 Å². The van der Waals surface area contributed by atoms with Gasteiger partial charge in [-0.05, 0) is 49.4 Å². The summed E-state index contributed by atoms with van der Waals surface area (Å²) in [6.45, 7) is 0. The minimum absolute atomic E-state index is 0.269. The first-order valence-corrected chi connectivity index (χ1v) is 9.12. The lowest BCUT2D eigenvalue weighted by molar-refractivity contribution is 0.0851. The zero-order valence-electron chi connectivity index (χ0n) is 11.8. The van der Waals surface area contributed by atoms with E-state index < -0.39 is 0 Å². The standard InChI is InChI=1S/C15H15ClN2O2S2/c16-13-7-6-11(22-13)14(19)17-18-15(20)12-8-9-4-2-1-3-5-10(9)21-12/h6-8H,1-5H2,(H,17,19)(H,18,20). The van der Waals surface area contributed by atoms with Crippen molar-refractivity contribution in [1.82, 2.24) is 10.9 Å². The molecule has 2 amide bonds. The van der Waals surface area contributed by atoms with Crippen LogP contribution in [0.1, 0.15) is 49.0 Å². The number of hydrogen-bond donors (Lipinski definition) is 2. The Morgan fingerprint density at radius 2 is 1.68 bits per heavy atom. The van der Waals surface area contributed by atoms with Crippen molar-refractivity contribution in [3.05, 3.63) is 42.7 Å². The normalized spacial score (nSPS) is 14.0. The highest BCUT2D eigenvalue weighted by Crippen LogP contribution is 2.28. The number of amides is 2. The lowest BCUT2D eigenvalue weighted by Gasteiger charge is -2.04. The number of fused-ring (bicyclic) bond motifs is 1. The zero-order valence-corrected chi connectivity index (χ0v) is 14.2. The van der Waals surface area contributed by atoms with Gasteiger partial charge in [0.2, 0.25) is 0 Å². The van der Waals surface area contributed by atoms with Crippen LogP contribution in [0.3, 0.4) is 0 Å². The molecule has 0 saturated carbocycles. The van der Waals surface area contributed by atoms with Gasteiger partial charge in [0.05, 0.1) is 14.1 Å². The lowest BCUT2D eigenvalue weighted by Crippen LogP contribution is -2.41. The first-order valence-electron chi connectivity index (χ1n) is 7.11. The fourth-order valence-electron chi connectivity index (χ4n) is 2.45. The highest BCUT2D eigenvalue weighted by atomic mass is 35.5. The summed E-state index contributed by atoms with van der Waals surface area (Å²) in [5.74, 6) is -0.627. The number of thiophene rings is 2. The number of halogens is 1. The maximum Gasteiger partial charge on any atom is 0.279 e. The van der Waals surface area contributed by atoms with Gasteiger partial charge in [-0.25, -0.2) is 0 Å². The summed E-state index contributed by atoms with van der Waals surface area (Å²) in [6, 6.07) is 5.23. The van der Waals surface area contributed by atoms with Crippen molar-refractivity contribution in [2.45, 2.75) is 32.1 Å². The molecule has 22 heavy (non-hydrogen) atoms. The fraction of sp³-hybridized carbons (Fsp3) is 0.333. The van der Waals surface area contributed by atoms with Crippen molar-refractivity contribution >= 4 is 46.1 Å². The molecule has 2 aromatic heterocycles. The van der Waals surface area contributed by atoms with Crippen molar-refractivity contribution in [3.8, 4) is 0 Å². The van der Waals surface area contributed by atoms with Crippen LogP contribution in [0.25, 0.3) is 0 Å². The first-order chi connectivity index (χ1) is 10.6. The van der Waals surface area contributed by atoms with E-state index in [4.69, 9.17) is 11.6 Å². The highest BCUT2D eigenvalue weighted by molar-refractivity contribution is 7.18. The molecule has 0 radical (unpaired) electrons. The summed E-state index contributed by atoms with van der Waals surface area (Å²) in [7, 11) is 0. The number of aryl methyl sites for hydroxylation is 2. The molecular formula is C15H15ClN2O2S2. The summed E-state index contributed by atoms with van der Waals surface area (Å²) in [5.41, 5.74) is 6.17. The van der Waals surface area contributed by atoms with Crippen LogP contribution < -0.4 is 10.9 Å². The Kier molecular flexibility index (Phi) is 4.81. The van der Waals surface area contributed by atoms with Crippen molar-refractivity contribution < 1.29 is 9.59 Å². The monoisotopic (exact) mass is 354 g/mol. The van der Waals surface area contributed by atoms with Gasteiger partial charge in [0.1, 0.15) is 0 Å². The second-order valence-corrected chi connectivity index (χ2v) is 7.98. The van der Waals surface area contributed by atoms with Crippen molar-refractivity contribution in [2.24, 2.45) is 0 Å². The maximum absolute atomic E-state index is 12.2. The predicted molar refractivity (Wildman–Crippen MR) is 89.8 cm³/mol. The van der Waals surface area contributed by atoms with Gasteiger partial charge in [-0.15, -0.1) is 22.7 Å². The zero-order chi connectivity index (χ0) is 15.5. The molecule has 0 aliphatic heterocycles. The summed E-state index contributed by atoms with van der Waals surface area (Å²) >= 11 is 8.49. The van der Waals surface area contributed by atoms with E-state index in [1.54, 1.807) is 12.1 Å². The van der Waals surface area contributed by atoms with Gasteiger partial charge in [0, 0.05) is 4.88 Å². The van der Waals surface area contributed by atoms with Crippen LogP contribution in [-0.4, -0.2) is 11.8 Å². The maximum atomic E-state index is 12.2. The third-order valence-electron chi connectivity index (χ3n) is 3.56. The van der Waals surface area contributed by atoms with Crippen LogP contribution in [-0.2, 0) is 12.8 Å². The minimum Gasteiger partial charge on any atom is -0.266 e. The molecule has 3 rings (SSSR count). The Bertz CT molecular complexity index is 685. The number of nitrogens with one attached hydrogen (secondary N) is 2. The molecule has 4 nitrogen and oxygen atoms in total. The van der Waals surface area contributed by atoms with Crippen molar-refractivity contribution in [3.63, 3.8) is 0 Å². The first kappa shape index (κ1) is 15.5. The van der Waals surface area contributed by atoms with Crippen LogP contribution in [0.5, 0.6) is 0 Å². The second kappa shape index (κ2) is 6.81. The summed E-state index contributed by atoms with van der Waals surface area (Å²) in [5, 5.41) is 0. The van der Waals surface area contributed by atoms with Crippen LogP contribution in [0.4, 0.5) is 0 Å². The molecule has 7 heteroatoms. The largest absolute Gasteiger partial charge is 0.279 e. The average molecular weight is 355 g/mol. The summed E-state index contributed by atoms with van der Waals surface area (Å²) in [4.78, 5) is 26.4. The van der Waals surface area contributed by atoms with E-state index in [0.29, 0.717) is 14.1 Å². The van der Waals surface area contributed by atoms with Crippen LogP contribution in [0.15, 0.2) is 18.2 Å². The van der Waals surface area contributed by atoms with Crippen LogP contribution in [0.2, 0.25) is 4.34 Å². The van der Waals surface area contributed by atoms with Gasteiger partial charge in [-0.3, -0.25) is 20.4 Å². The van der Waals surface area contributed by atoms with Crippen molar-refractivity contribution in [2.75, 3.05) is 0 Å². The number of carbonyl (C=O) groups excluding carboxylic acids is 2. The molecular weight excluding hydrogens is 340 g/mol. The summed E-state index contributed by atoms with van der Waals surface area (Å²) < 4.78 is 0.540. The quantitative estimate of drug-likeness (QED) is 0.636. The van der Waals surface area contributed by atoms with E-state index >= 15 is 0 Å². The number of rotatable bonds is 2. The van der Waals surface area contributed by atoms with E-state index in [9.17, 15) is 9.59 Å². The lowest BCUT2D eigenvalue weighted by atomic mass is 10.1. The van der Waals surface area contributed by atoms with Gasteiger partial charge < -0.3 is 0 Å². The Morgan fingerprint density at radius 3 is 2.41 bits per heavy atom. The number of hydrazine groups is 1. The molecule has 0 aromatic carbocycles. The molecule has 1 aliphatic rings. The molecule has 0 bridgehead atoms. The van der Waals surface area contributed by atoms with E-state index in [2.05, 4.69) is 10.9 Å². The molecule has 0 saturated heterocycles. The average Bonchev–Trinajstić information content (AvgIpc) is 3.06. The van der Waals surface area contributed by atoms with E-state index in [1.165, 1.54) is 52.4 Å². The van der Waals surface area contributed by atoms with Gasteiger partial charge in [0.25, 0.3) is 11.8 Å². The predicted octanol–water partition coefficient (Wildman–Crippen LogP) is 3.81. The van der Waals surface area contributed by atoms with Crippen molar-refractivity contribution in [1.29, 1.82) is 0 Å². The Labute approximate surface area is 141 Å². The molecule has 0 spiro atoms. The molecule has 2 aromatic rings. The van der Waals surface area contributed by atoms with E-state index in [-0.39, 0.29) is 11.8 Å². The second-order valence-electron chi connectivity index (χ2n) is 5.13. The molecule has 2 heterocycles. The topological polar surface area (TPSA) is 58.2 Å². The van der Waals surface area contributed by atoms with Crippen LogP contribution >= 0.6 is 34.3 Å². The number of carbonyl (C=O) groups is 2. The highest BCUT2D eigenvalue weighted by Gasteiger charge is 2.17. The third kappa shape index (κ3) is 3.51. The molecule has 0 unspecified atom stereocenters. The minimum atomic E-state index is -0.358. The smallest absolute Gasteiger partial charge is 0.266 e. The third-order valence-corrected chi connectivity index (χ3v) is 6.02. The Morgan fingerprint density at radius 1 is 0.955 bits per heavy atom. The van der Waals surface area contributed by atoms with Gasteiger partial charge in [-0.1, -0.05) is 18.0 Å². The summed E-state index contributed by atoms with van der Waals surface area (Å²) in [6.07, 6.45) is 5.71. The van der Waals surface area contributed by atoms with E-state index in [0.717, 1.165) is 12.8 Å². The van der Waals surface area contributed by atoms with Gasteiger partial charge >= 0.3 is 0 Å². The molecule has 1 aliphatic carbocycles. The fourth-order valence-corrected chi connectivity index (χ4v) is 4.54. The Hall–Kier alpha value is -1.37. The number of hydrogen-bond acceptors (Lipinski definition) is 4. The Balaban J connectivity index is 1.61. The van der Waals surface area contributed by atoms with Crippen LogP contribution in [0, 0.1) is 0 Å². The molecule has 0 atom stereocenters. The van der Waals surface area contributed by atoms with Gasteiger partial charge in [0.15, 0.2) is 0 Å². The molecule has 0 fully saturated rings.